The first-order chi connectivity index (χ1) is 9.52. The maximum absolute atomic E-state index is 12.2. The molecule has 2 atom stereocenters. The monoisotopic (exact) mass is 344 g/mol. The van der Waals surface area contributed by atoms with E-state index >= 15 is 0 Å². The lowest BCUT2D eigenvalue weighted by Crippen LogP contribution is -2.47. The van der Waals surface area contributed by atoms with E-state index in [1.165, 1.54) is 4.68 Å². The second kappa shape index (κ2) is 6.69. The Bertz CT molecular complexity index is 510. The second-order valence-electron chi connectivity index (χ2n) is 5.37. The fraction of sp³-hybridized carbons (Fsp3) is 0.692. The molecular weight excluding hydrogens is 324 g/mol. The highest BCUT2D eigenvalue weighted by molar-refractivity contribution is 9.10. The lowest BCUT2D eigenvalue weighted by Gasteiger charge is -2.36. The van der Waals surface area contributed by atoms with E-state index in [1.807, 2.05) is 0 Å². The van der Waals surface area contributed by atoms with Crippen LogP contribution < -0.4 is 16.2 Å². The maximum Gasteiger partial charge on any atom is 0.283 e. The molecule has 0 aromatic carbocycles. The van der Waals surface area contributed by atoms with Crippen LogP contribution in [0.2, 0.25) is 0 Å². The van der Waals surface area contributed by atoms with Crippen LogP contribution in [0.1, 0.15) is 13.3 Å². The van der Waals surface area contributed by atoms with Gasteiger partial charge in [0.2, 0.25) is 0 Å². The number of anilines is 1. The van der Waals surface area contributed by atoms with Gasteiger partial charge in [0.15, 0.2) is 0 Å². The summed E-state index contributed by atoms with van der Waals surface area (Å²) in [4.78, 5) is 14.4. The van der Waals surface area contributed by atoms with Crippen molar-refractivity contribution in [3.63, 3.8) is 0 Å². The summed E-state index contributed by atoms with van der Waals surface area (Å²) in [6.45, 7) is 4.74. The lowest BCUT2D eigenvalue weighted by atomic mass is 9.96. The second-order valence-corrected chi connectivity index (χ2v) is 6.16. The highest BCUT2D eigenvalue weighted by Gasteiger charge is 2.25. The third kappa shape index (κ3) is 3.39. The summed E-state index contributed by atoms with van der Waals surface area (Å²) in [5, 5.41) is 4.21. The summed E-state index contributed by atoms with van der Waals surface area (Å²) in [5.41, 5.74) is 6.75. The highest BCUT2D eigenvalue weighted by Crippen LogP contribution is 2.26. The van der Waals surface area contributed by atoms with Gasteiger partial charge < -0.3 is 15.4 Å². The molecule has 2 heterocycles. The molecule has 0 amide bonds. The number of aromatic nitrogens is 2. The van der Waals surface area contributed by atoms with Crippen LogP contribution in [-0.4, -0.2) is 42.6 Å². The molecule has 20 heavy (non-hydrogen) atoms. The van der Waals surface area contributed by atoms with Crippen LogP contribution in [0.5, 0.6) is 0 Å². The molecule has 0 bridgehead atoms. The van der Waals surface area contributed by atoms with Gasteiger partial charge in [-0.1, -0.05) is 6.92 Å². The minimum absolute atomic E-state index is 0.133. The number of nitrogens with two attached hydrogens (primary N) is 1. The third-order valence-corrected chi connectivity index (χ3v) is 4.25. The molecule has 7 heteroatoms. The number of halogens is 1. The fourth-order valence-corrected chi connectivity index (χ4v) is 3.17. The molecule has 1 aromatic rings. The summed E-state index contributed by atoms with van der Waals surface area (Å²) < 4.78 is 6.93. The summed E-state index contributed by atoms with van der Waals surface area (Å²) >= 11 is 3.40. The van der Waals surface area contributed by atoms with Crippen molar-refractivity contribution in [1.82, 2.24) is 9.78 Å². The van der Waals surface area contributed by atoms with Crippen molar-refractivity contribution >= 4 is 21.6 Å². The molecule has 2 unspecified atom stereocenters. The Morgan fingerprint density at radius 2 is 2.30 bits per heavy atom. The number of methoxy groups -OCH3 is 1. The predicted octanol–water partition coefficient (Wildman–Crippen LogP) is 0.826. The molecule has 1 saturated heterocycles. The van der Waals surface area contributed by atoms with E-state index in [1.54, 1.807) is 13.3 Å². The molecule has 1 aliphatic heterocycles. The van der Waals surface area contributed by atoms with Crippen molar-refractivity contribution in [2.45, 2.75) is 25.9 Å². The highest BCUT2D eigenvalue weighted by atomic mass is 79.9. The van der Waals surface area contributed by atoms with Crippen LogP contribution in [-0.2, 0) is 11.3 Å². The zero-order chi connectivity index (χ0) is 14.7. The summed E-state index contributed by atoms with van der Waals surface area (Å²) in [6, 6.07) is 0.140. The minimum Gasteiger partial charge on any atom is -0.383 e. The van der Waals surface area contributed by atoms with Crippen molar-refractivity contribution in [2.75, 3.05) is 31.7 Å². The zero-order valence-electron chi connectivity index (χ0n) is 11.9. The molecule has 0 spiro atoms. The Kier molecular flexibility index (Phi) is 5.17. The number of ether oxygens (including phenoxy) is 1. The van der Waals surface area contributed by atoms with E-state index in [-0.39, 0.29) is 11.6 Å². The first-order valence-corrected chi connectivity index (χ1v) is 7.57. The van der Waals surface area contributed by atoms with Gasteiger partial charge in [0.05, 0.1) is 25.0 Å². The molecule has 1 aromatic heterocycles. The van der Waals surface area contributed by atoms with Gasteiger partial charge in [0.25, 0.3) is 5.56 Å². The Labute approximate surface area is 127 Å². The molecule has 1 fully saturated rings. The largest absolute Gasteiger partial charge is 0.383 e. The summed E-state index contributed by atoms with van der Waals surface area (Å²) in [6.07, 6.45) is 2.75. The van der Waals surface area contributed by atoms with Crippen LogP contribution in [0.25, 0.3) is 0 Å². The van der Waals surface area contributed by atoms with E-state index < -0.39 is 0 Å². The topological polar surface area (TPSA) is 73.4 Å². The Balaban J connectivity index is 2.24. The smallest absolute Gasteiger partial charge is 0.283 e. The van der Waals surface area contributed by atoms with Gasteiger partial charge >= 0.3 is 0 Å². The van der Waals surface area contributed by atoms with Crippen LogP contribution in [0, 0.1) is 5.92 Å². The minimum atomic E-state index is -0.133. The lowest BCUT2D eigenvalue weighted by molar-refractivity contribution is 0.181. The molecule has 0 aliphatic carbocycles. The maximum atomic E-state index is 12.2. The number of piperidine rings is 1. The van der Waals surface area contributed by atoms with Crippen molar-refractivity contribution in [1.29, 1.82) is 0 Å². The molecule has 0 saturated carbocycles. The molecular formula is C13H21BrN4O2. The average Bonchev–Trinajstić information content (AvgIpc) is 2.39. The SMILES string of the molecule is COCCn1ncc(N2CC(C)CC(N)C2)c(Br)c1=O. The molecule has 1 aliphatic rings. The van der Waals surface area contributed by atoms with Gasteiger partial charge in [-0.2, -0.15) is 5.10 Å². The fourth-order valence-electron chi connectivity index (χ4n) is 2.61. The van der Waals surface area contributed by atoms with Gasteiger partial charge in [-0.3, -0.25) is 4.79 Å². The average molecular weight is 345 g/mol. The van der Waals surface area contributed by atoms with Crippen molar-refractivity contribution in [3.05, 3.63) is 21.0 Å². The van der Waals surface area contributed by atoms with Crippen molar-refractivity contribution < 1.29 is 4.74 Å². The Hall–Kier alpha value is -0.920. The van der Waals surface area contributed by atoms with Gasteiger partial charge in [-0.05, 0) is 28.3 Å². The van der Waals surface area contributed by atoms with Gasteiger partial charge in [0.1, 0.15) is 4.47 Å². The first-order valence-electron chi connectivity index (χ1n) is 6.78. The summed E-state index contributed by atoms with van der Waals surface area (Å²) in [5.74, 6) is 0.515. The van der Waals surface area contributed by atoms with Crippen molar-refractivity contribution in [2.24, 2.45) is 11.7 Å². The molecule has 2 N–H and O–H groups in total. The van der Waals surface area contributed by atoms with Gasteiger partial charge in [-0.15, -0.1) is 0 Å². The quantitative estimate of drug-likeness (QED) is 0.875. The normalized spacial score (nSPS) is 23.1. The first kappa shape index (κ1) is 15.5. The van der Waals surface area contributed by atoms with Crippen LogP contribution in [0.4, 0.5) is 5.69 Å². The Morgan fingerprint density at radius 1 is 1.55 bits per heavy atom. The molecule has 2 rings (SSSR count). The zero-order valence-corrected chi connectivity index (χ0v) is 13.5. The molecule has 112 valence electrons. The van der Waals surface area contributed by atoms with E-state index in [0.717, 1.165) is 25.2 Å². The number of nitrogens with zero attached hydrogens (tertiary/aromatic N) is 3. The molecule has 0 radical (unpaired) electrons. The number of hydrogen-bond acceptors (Lipinski definition) is 5. The van der Waals surface area contributed by atoms with Crippen LogP contribution in [0.3, 0.4) is 0 Å². The number of hydrogen-bond donors (Lipinski definition) is 1. The van der Waals surface area contributed by atoms with E-state index in [9.17, 15) is 4.79 Å². The van der Waals surface area contributed by atoms with E-state index in [0.29, 0.717) is 23.5 Å². The standard InChI is InChI=1S/C13H21BrN4O2/c1-9-5-10(15)8-17(7-9)11-6-16-18(3-4-20-2)13(19)12(11)14/h6,9-10H,3-5,7-8,15H2,1-2H3. The third-order valence-electron chi connectivity index (χ3n) is 3.51. The van der Waals surface area contributed by atoms with Crippen molar-refractivity contribution in [3.8, 4) is 0 Å². The predicted molar refractivity (Wildman–Crippen MR) is 82.0 cm³/mol. The number of rotatable bonds is 4. The Morgan fingerprint density at radius 3 is 2.95 bits per heavy atom. The van der Waals surface area contributed by atoms with Crippen LogP contribution >= 0.6 is 15.9 Å². The van der Waals surface area contributed by atoms with E-state index in [2.05, 4.69) is 32.9 Å². The van der Waals surface area contributed by atoms with Crippen LogP contribution in [0.15, 0.2) is 15.5 Å². The van der Waals surface area contributed by atoms with E-state index in [4.69, 9.17) is 10.5 Å². The van der Waals surface area contributed by atoms with Gasteiger partial charge in [-0.25, -0.2) is 4.68 Å². The van der Waals surface area contributed by atoms with Gasteiger partial charge in [0, 0.05) is 26.2 Å². The summed E-state index contributed by atoms with van der Waals surface area (Å²) in [7, 11) is 1.60. The molecule has 6 nitrogen and oxygen atoms in total.